The van der Waals surface area contributed by atoms with Crippen molar-refractivity contribution in [3.63, 3.8) is 0 Å². The quantitative estimate of drug-likeness (QED) is 0.339. The normalized spacial score (nSPS) is 13.5. The van der Waals surface area contributed by atoms with E-state index in [1.54, 1.807) is 20.8 Å². The van der Waals surface area contributed by atoms with Gasteiger partial charge in [-0.05, 0) is 54.1 Å². The number of rotatable bonds is 11. The third-order valence-corrected chi connectivity index (χ3v) is 6.35. The molecule has 2 aromatic rings. The number of benzene rings is 2. The van der Waals surface area contributed by atoms with Crippen LogP contribution in [0, 0.1) is 5.41 Å². The summed E-state index contributed by atoms with van der Waals surface area (Å²) in [5.74, 6) is -2.27. The van der Waals surface area contributed by atoms with Gasteiger partial charge in [0.05, 0.1) is 12.1 Å². The number of primary amides is 1. The summed E-state index contributed by atoms with van der Waals surface area (Å²) < 4.78 is 38.8. The average molecular weight is 521 g/mol. The lowest BCUT2D eigenvalue weighted by molar-refractivity contribution is -0.137. The summed E-state index contributed by atoms with van der Waals surface area (Å²) in [6, 6.07) is 12.0. The van der Waals surface area contributed by atoms with Crippen LogP contribution >= 0.6 is 0 Å². The van der Waals surface area contributed by atoms with Crippen LogP contribution in [0.3, 0.4) is 0 Å². The number of carbonyl (C=O) groups is 3. The largest absolute Gasteiger partial charge is 0.416 e. The minimum atomic E-state index is -4.60. The number of alkyl halides is 3. The minimum Gasteiger partial charge on any atom is -0.368 e. The monoisotopic (exact) mass is 520 g/mol. The van der Waals surface area contributed by atoms with Gasteiger partial charge in [-0.3, -0.25) is 14.4 Å². The molecule has 0 aliphatic heterocycles. The first-order chi connectivity index (χ1) is 17.2. The molecule has 3 amide bonds. The Kier molecular flexibility index (Phi) is 9.86. The van der Waals surface area contributed by atoms with E-state index in [9.17, 15) is 27.6 Å². The first kappa shape index (κ1) is 29.8. The smallest absolute Gasteiger partial charge is 0.368 e. The lowest BCUT2D eigenvalue weighted by atomic mass is 9.70. The van der Waals surface area contributed by atoms with Gasteiger partial charge in [0.25, 0.3) is 5.91 Å². The van der Waals surface area contributed by atoms with Gasteiger partial charge in [0.2, 0.25) is 11.8 Å². The third kappa shape index (κ3) is 8.04. The van der Waals surface area contributed by atoms with E-state index in [-0.39, 0.29) is 12.0 Å². The number of nitrogens with one attached hydrogen (secondary N) is 3. The van der Waals surface area contributed by atoms with Crippen LogP contribution in [0.5, 0.6) is 0 Å². The second-order valence-corrected chi connectivity index (χ2v) is 9.93. The summed E-state index contributed by atoms with van der Waals surface area (Å²) in [6.45, 7) is 7.76. The minimum absolute atomic E-state index is 0.187. The van der Waals surface area contributed by atoms with Crippen LogP contribution in [-0.2, 0) is 28.7 Å². The van der Waals surface area contributed by atoms with Gasteiger partial charge in [0.1, 0.15) is 5.54 Å². The van der Waals surface area contributed by atoms with Crippen LogP contribution in [0.1, 0.15) is 61.2 Å². The average Bonchev–Trinajstić information content (AvgIpc) is 2.83. The molecule has 0 bridgehead atoms. The molecule has 2 aromatic carbocycles. The number of nitrogens with two attached hydrogens (primary N) is 1. The molecule has 202 valence electrons. The number of carbonyl (C=O) groups excluding carboxylic acids is 3. The SMILES string of the molecule is CCc1ccc(CNCCC(NC(=O)CNC(=O)c2cccc(C(F)(F)F)c2)(C(N)=O)C(C)(C)C)cc1. The van der Waals surface area contributed by atoms with Gasteiger partial charge in [-0.25, -0.2) is 0 Å². The zero-order valence-electron chi connectivity index (χ0n) is 21.6. The van der Waals surface area contributed by atoms with Gasteiger partial charge >= 0.3 is 6.18 Å². The molecule has 10 heteroatoms. The first-order valence-electron chi connectivity index (χ1n) is 12.0. The molecular formula is C27H35F3N4O3. The molecule has 5 N–H and O–H groups in total. The van der Waals surface area contributed by atoms with Gasteiger partial charge in [-0.1, -0.05) is 58.0 Å². The third-order valence-electron chi connectivity index (χ3n) is 6.35. The summed E-state index contributed by atoms with van der Waals surface area (Å²) >= 11 is 0. The Balaban J connectivity index is 2.03. The van der Waals surface area contributed by atoms with Crippen molar-refractivity contribution >= 4 is 17.7 Å². The van der Waals surface area contributed by atoms with Crippen LogP contribution in [0.2, 0.25) is 0 Å². The Morgan fingerprint density at radius 3 is 2.11 bits per heavy atom. The molecule has 7 nitrogen and oxygen atoms in total. The maximum Gasteiger partial charge on any atom is 0.416 e. The van der Waals surface area contributed by atoms with Crippen LogP contribution in [0.25, 0.3) is 0 Å². The van der Waals surface area contributed by atoms with E-state index in [4.69, 9.17) is 5.73 Å². The Bertz CT molecular complexity index is 1100. The Morgan fingerprint density at radius 2 is 1.57 bits per heavy atom. The van der Waals surface area contributed by atoms with Crippen molar-refractivity contribution in [2.45, 2.75) is 58.8 Å². The van der Waals surface area contributed by atoms with Crippen molar-refractivity contribution in [2.24, 2.45) is 11.1 Å². The summed E-state index contributed by atoms with van der Waals surface area (Å²) in [4.78, 5) is 37.7. The zero-order chi connectivity index (χ0) is 27.9. The van der Waals surface area contributed by atoms with Gasteiger partial charge < -0.3 is 21.7 Å². The van der Waals surface area contributed by atoms with Crippen molar-refractivity contribution in [3.8, 4) is 0 Å². The van der Waals surface area contributed by atoms with Crippen LogP contribution < -0.4 is 21.7 Å². The van der Waals surface area contributed by atoms with E-state index in [0.29, 0.717) is 19.2 Å². The van der Waals surface area contributed by atoms with Gasteiger partial charge in [0, 0.05) is 12.1 Å². The molecular weight excluding hydrogens is 485 g/mol. The molecule has 2 rings (SSSR count). The first-order valence-corrected chi connectivity index (χ1v) is 12.0. The second-order valence-electron chi connectivity index (χ2n) is 9.93. The van der Waals surface area contributed by atoms with E-state index < -0.39 is 47.0 Å². The van der Waals surface area contributed by atoms with Crippen molar-refractivity contribution in [1.29, 1.82) is 0 Å². The second kappa shape index (κ2) is 12.2. The highest BCUT2D eigenvalue weighted by Crippen LogP contribution is 2.33. The number of halogens is 3. The molecule has 0 radical (unpaired) electrons. The Morgan fingerprint density at radius 1 is 0.946 bits per heavy atom. The van der Waals surface area contributed by atoms with Crippen molar-refractivity contribution in [1.82, 2.24) is 16.0 Å². The summed E-state index contributed by atoms with van der Waals surface area (Å²) in [7, 11) is 0. The maximum atomic E-state index is 12.9. The van der Waals surface area contributed by atoms with E-state index in [2.05, 4.69) is 22.9 Å². The lowest BCUT2D eigenvalue weighted by Gasteiger charge is -2.43. The van der Waals surface area contributed by atoms with Crippen molar-refractivity contribution < 1.29 is 27.6 Å². The van der Waals surface area contributed by atoms with Crippen LogP contribution in [0.4, 0.5) is 13.2 Å². The van der Waals surface area contributed by atoms with Crippen LogP contribution in [-0.4, -0.2) is 36.3 Å². The van der Waals surface area contributed by atoms with E-state index in [0.717, 1.165) is 24.1 Å². The molecule has 0 fully saturated rings. The van der Waals surface area contributed by atoms with Gasteiger partial charge in [-0.15, -0.1) is 0 Å². The molecule has 1 atom stereocenters. The number of hydrogen-bond acceptors (Lipinski definition) is 4. The van der Waals surface area contributed by atoms with E-state index in [1.807, 2.05) is 24.3 Å². The molecule has 0 spiro atoms. The molecule has 1 unspecified atom stereocenters. The molecule has 0 heterocycles. The fraction of sp³-hybridized carbons (Fsp3) is 0.444. The predicted molar refractivity (Wildman–Crippen MR) is 135 cm³/mol. The maximum absolute atomic E-state index is 12.9. The molecule has 0 saturated carbocycles. The fourth-order valence-electron chi connectivity index (χ4n) is 3.96. The molecule has 37 heavy (non-hydrogen) atoms. The topological polar surface area (TPSA) is 113 Å². The van der Waals surface area contributed by atoms with E-state index in [1.165, 1.54) is 11.6 Å². The highest BCUT2D eigenvalue weighted by Gasteiger charge is 2.48. The number of aryl methyl sites for hydroxylation is 1. The molecule has 0 aliphatic rings. The fourth-order valence-corrected chi connectivity index (χ4v) is 3.96. The summed E-state index contributed by atoms with van der Waals surface area (Å²) in [5.41, 5.74) is 4.63. The number of hydrogen-bond donors (Lipinski definition) is 4. The van der Waals surface area contributed by atoms with E-state index >= 15 is 0 Å². The highest BCUT2D eigenvalue weighted by atomic mass is 19.4. The summed E-state index contributed by atoms with van der Waals surface area (Å²) in [5, 5.41) is 8.24. The number of amides is 3. The molecule has 0 saturated heterocycles. The predicted octanol–water partition coefficient (Wildman–Crippen LogP) is 3.56. The van der Waals surface area contributed by atoms with Crippen molar-refractivity contribution in [3.05, 3.63) is 70.8 Å². The zero-order valence-corrected chi connectivity index (χ0v) is 21.6. The molecule has 0 aliphatic carbocycles. The van der Waals surface area contributed by atoms with Crippen molar-refractivity contribution in [2.75, 3.05) is 13.1 Å². The molecule has 0 aromatic heterocycles. The van der Waals surface area contributed by atoms with Gasteiger partial charge in [-0.2, -0.15) is 13.2 Å². The summed E-state index contributed by atoms with van der Waals surface area (Å²) in [6.07, 6.45) is -3.47. The lowest BCUT2D eigenvalue weighted by Crippen LogP contribution is -2.66. The standard InChI is InChI=1S/C27H35F3N4O3/c1-5-18-9-11-19(12-10-18)16-32-14-13-26(24(31)37,25(2,3)4)34-22(35)17-33-23(36)20-7-6-8-21(15-20)27(28,29)30/h6-12,15,32H,5,13-14,16-17H2,1-4H3,(H2,31,37)(H,33,36)(H,34,35). The van der Waals surface area contributed by atoms with Gasteiger partial charge in [0.15, 0.2) is 0 Å². The Labute approximate surface area is 215 Å². The highest BCUT2D eigenvalue weighted by molar-refractivity contribution is 5.97. The van der Waals surface area contributed by atoms with Crippen LogP contribution in [0.15, 0.2) is 48.5 Å². The Hall–Kier alpha value is -3.40.